The molecule has 1 aromatic carbocycles. The number of aromatic nitrogens is 2. The summed E-state index contributed by atoms with van der Waals surface area (Å²) in [6, 6.07) is 15.0. The first-order valence-electron chi connectivity index (χ1n) is 9.01. The van der Waals surface area contributed by atoms with Crippen LogP contribution in [-0.2, 0) is 6.54 Å². The van der Waals surface area contributed by atoms with E-state index in [1.807, 2.05) is 50.5 Å². The first-order chi connectivity index (χ1) is 13.1. The Morgan fingerprint density at radius 1 is 1.15 bits per heavy atom. The zero-order chi connectivity index (χ0) is 19.2. The number of carbonyl (C=O) groups is 1. The maximum atomic E-state index is 13.0. The van der Waals surface area contributed by atoms with Gasteiger partial charge in [-0.25, -0.2) is 4.98 Å². The van der Waals surface area contributed by atoms with E-state index in [1.165, 1.54) is 0 Å². The second kappa shape index (κ2) is 8.60. The second-order valence-corrected chi connectivity index (χ2v) is 6.76. The maximum Gasteiger partial charge on any atom is 0.265 e. The average molecular weight is 364 g/mol. The molecule has 0 aliphatic carbocycles. The van der Waals surface area contributed by atoms with E-state index in [0.29, 0.717) is 18.7 Å². The molecule has 3 aromatic rings. The number of fused-ring (bicyclic) bond motifs is 1. The monoisotopic (exact) mass is 364 g/mol. The molecule has 2 aromatic heterocycles. The Balaban J connectivity index is 1.93. The molecule has 0 fully saturated rings. The van der Waals surface area contributed by atoms with E-state index in [4.69, 9.17) is 0 Å². The number of hydrogen-bond donors (Lipinski definition) is 1. The predicted octanol–water partition coefficient (Wildman–Crippen LogP) is 2.13. The van der Waals surface area contributed by atoms with Gasteiger partial charge in [-0.15, -0.1) is 0 Å². The Kier molecular flexibility index (Phi) is 5.98. The highest BCUT2D eigenvalue weighted by Crippen LogP contribution is 2.13. The van der Waals surface area contributed by atoms with Gasteiger partial charge < -0.3 is 10.2 Å². The molecule has 27 heavy (non-hydrogen) atoms. The zero-order valence-corrected chi connectivity index (χ0v) is 15.7. The molecule has 2 heterocycles. The summed E-state index contributed by atoms with van der Waals surface area (Å²) in [4.78, 5) is 32.0. The van der Waals surface area contributed by atoms with Crippen LogP contribution in [0.25, 0.3) is 11.0 Å². The van der Waals surface area contributed by atoms with Crippen molar-refractivity contribution in [1.29, 1.82) is 0 Å². The van der Waals surface area contributed by atoms with Crippen molar-refractivity contribution in [2.24, 2.45) is 0 Å². The molecular weight excluding hydrogens is 340 g/mol. The second-order valence-electron chi connectivity index (χ2n) is 6.76. The SMILES string of the molecule is CN(C)CCCNC(=O)c1cc2cccnc2n(Cc2ccccc2)c1=O. The molecule has 0 saturated heterocycles. The van der Waals surface area contributed by atoms with E-state index in [0.717, 1.165) is 23.9 Å². The summed E-state index contributed by atoms with van der Waals surface area (Å²) in [6.07, 6.45) is 2.48. The number of amides is 1. The number of rotatable bonds is 7. The molecule has 0 radical (unpaired) electrons. The first-order valence-corrected chi connectivity index (χ1v) is 9.01. The van der Waals surface area contributed by atoms with Crippen molar-refractivity contribution < 1.29 is 4.79 Å². The van der Waals surface area contributed by atoms with Gasteiger partial charge in [-0.3, -0.25) is 14.2 Å². The fraction of sp³-hybridized carbons (Fsp3) is 0.286. The summed E-state index contributed by atoms with van der Waals surface area (Å²) in [5.41, 5.74) is 1.39. The highest BCUT2D eigenvalue weighted by Gasteiger charge is 2.16. The van der Waals surface area contributed by atoms with Crippen LogP contribution in [0.5, 0.6) is 0 Å². The summed E-state index contributed by atoms with van der Waals surface area (Å²) in [6.45, 7) is 1.77. The average Bonchev–Trinajstić information content (AvgIpc) is 2.67. The topological polar surface area (TPSA) is 67.2 Å². The molecular formula is C21H24N4O2. The molecule has 140 valence electrons. The minimum atomic E-state index is -0.341. The number of pyridine rings is 2. The van der Waals surface area contributed by atoms with Crippen LogP contribution >= 0.6 is 0 Å². The van der Waals surface area contributed by atoms with Gasteiger partial charge in [-0.1, -0.05) is 30.3 Å². The number of hydrogen-bond acceptors (Lipinski definition) is 4. The van der Waals surface area contributed by atoms with Gasteiger partial charge in [0.2, 0.25) is 0 Å². The quantitative estimate of drug-likeness (QED) is 0.652. The standard InChI is InChI=1S/C21H24N4O2/c1-24(2)13-7-12-23-20(26)18-14-17-10-6-11-22-19(17)25(21(18)27)15-16-8-4-3-5-9-16/h3-6,8-11,14H,7,12-13,15H2,1-2H3,(H,23,26). The van der Waals surface area contributed by atoms with Crippen molar-refractivity contribution in [3.63, 3.8) is 0 Å². The van der Waals surface area contributed by atoms with Crippen molar-refractivity contribution >= 4 is 16.9 Å². The van der Waals surface area contributed by atoms with Gasteiger partial charge in [0.05, 0.1) is 6.54 Å². The van der Waals surface area contributed by atoms with E-state index in [1.54, 1.807) is 22.9 Å². The van der Waals surface area contributed by atoms with Crippen LogP contribution in [0.4, 0.5) is 0 Å². The lowest BCUT2D eigenvalue weighted by Gasteiger charge is -2.13. The highest BCUT2D eigenvalue weighted by atomic mass is 16.2. The summed E-state index contributed by atoms with van der Waals surface area (Å²) in [5.74, 6) is -0.341. The Hall–Kier alpha value is -2.99. The minimum absolute atomic E-state index is 0.149. The van der Waals surface area contributed by atoms with Gasteiger partial charge in [-0.2, -0.15) is 0 Å². The number of carbonyl (C=O) groups excluding carboxylic acids is 1. The molecule has 3 rings (SSSR count). The van der Waals surface area contributed by atoms with Crippen molar-refractivity contribution in [3.8, 4) is 0 Å². The van der Waals surface area contributed by atoms with Crippen LogP contribution in [0.1, 0.15) is 22.3 Å². The fourth-order valence-corrected chi connectivity index (χ4v) is 2.97. The van der Waals surface area contributed by atoms with Crippen LogP contribution in [0.2, 0.25) is 0 Å². The number of benzene rings is 1. The number of nitrogens with one attached hydrogen (secondary N) is 1. The Bertz CT molecular complexity index is 980. The predicted molar refractivity (Wildman–Crippen MR) is 107 cm³/mol. The Labute approximate surface area is 158 Å². The molecule has 0 aliphatic heterocycles. The molecule has 0 saturated carbocycles. The first kappa shape index (κ1) is 18.8. The Morgan fingerprint density at radius 2 is 1.93 bits per heavy atom. The van der Waals surface area contributed by atoms with E-state index >= 15 is 0 Å². The van der Waals surface area contributed by atoms with Crippen molar-refractivity contribution in [3.05, 3.63) is 76.2 Å². The molecule has 0 spiro atoms. The van der Waals surface area contributed by atoms with Gasteiger partial charge in [0.25, 0.3) is 11.5 Å². The van der Waals surface area contributed by atoms with Crippen LogP contribution in [0.3, 0.4) is 0 Å². The molecule has 6 heteroatoms. The lowest BCUT2D eigenvalue weighted by atomic mass is 10.1. The molecule has 1 N–H and O–H groups in total. The highest BCUT2D eigenvalue weighted by molar-refractivity contribution is 5.96. The van der Waals surface area contributed by atoms with E-state index in [-0.39, 0.29) is 17.0 Å². The maximum absolute atomic E-state index is 13.0. The third kappa shape index (κ3) is 4.60. The van der Waals surface area contributed by atoms with Crippen molar-refractivity contribution in [2.75, 3.05) is 27.2 Å². The summed E-state index contributed by atoms with van der Waals surface area (Å²) in [5, 5.41) is 3.62. The number of nitrogens with zero attached hydrogens (tertiary/aromatic N) is 3. The molecule has 0 bridgehead atoms. The van der Waals surface area contributed by atoms with Crippen LogP contribution in [0, 0.1) is 0 Å². The zero-order valence-electron chi connectivity index (χ0n) is 15.7. The normalized spacial score (nSPS) is 11.1. The van der Waals surface area contributed by atoms with E-state index in [9.17, 15) is 9.59 Å². The van der Waals surface area contributed by atoms with Gasteiger partial charge in [-0.05, 0) is 50.8 Å². The Morgan fingerprint density at radius 3 is 2.67 bits per heavy atom. The lowest BCUT2D eigenvalue weighted by Crippen LogP contribution is -2.34. The fourth-order valence-electron chi connectivity index (χ4n) is 2.97. The van der Waals surface area contributed by atoms with Gasteiger partial charge in [0.1, 0.15) is 11.2 Å². The molecule has 0 aliphatic rings. The molecule has 0 atom stereocenters. The largest absolute Gasteiger partial charge is 0.352 e. The lowest BCUT2D eigenvalue weighted by molar-refractivity contribution is 0.0950. The smallest absolute Gasteiger partial charge is 0.265 e. The third-order valence-electron chi connectivity index (χ3n) is 4.34. The minimum Gasteiger partial charge on any atom is -0.352 e. The third-order valence-corrected chi connectivity index (χ3v) is 4.34. The molecule has 1 amide bonds. The molecule has 0 unspecified atom stereocenters. The molecule has 6 nitrogen and oxygen atoms in total. The van der Waals surface area contributed by atoms with Crippen LogP contribution < -0.4 is 10.9 Å². The van der Waals surface area contributed by atoms with E-state index < -0.39 is 0 Å². The van der Waals surface area contributed by atoms with Gasteiger partial charge in [0, 0.05) is 18.1 Å². The van der Waals surface area contributed by atoms with Crippen LogP contribution in [-0.4, -0.2) is 47.5 Å². The summed E-state index contributed by atoms with van der Waals surface area (Å²) >= 11 is 0. The van der Waals surface area contributed by atoms with Crippen LogP contribution in [0.15, 0.2) is 59.5 Å². The van der Waals surface area contributed by atoms with Crippen molar-refractivity contribution in [1.82, 2.24) is 19.8 Å². The summed E-state index contributed by atoms with van der Waals surface area (Å²) < 4.78 is 1.57. The summed E-state index contributed by atoms with van der Waals surface area (Å²) in [7, 11) is 3.97. The van der Waals surface area contributed by atoms with Gasteiger partial charge in [0.15, 0.2) is 0 Å². The van der Waals surface area contributed by atoms with Crippen molar-refractivity contribution in [2.45, 2.75) is 13.0 Å². The van der Waals surface area contributed by atoms with E-state index in [2.05, 4.69) is 15.2 Å². The van der Waals surface area contributed by atoms with Gasteiger partial charge >= 0.3 is 0 Å².